The molecule has 0 radical (unpaired) electrons. The van der Waals surface area contributed by atoms with E-state index in [0.717, 1.165) is 18.1 Å². The summed E-state index contributed by atoms with van der Waals surface area (Å²) in [7, 11) is 0. The van der Waals surface area contributed by atoms with Gasteiger partial charge in [0.25, 0.3) is 0 Å². The van der Waals surface area contributed by atoms with Gasteiger partial charge in [-0.05, 0) is 19.1 Å². The minimum Gasteiger partial charge on any atom is -0.370 e. The fourth-order valence-electron chi connectivity index (χ4n) is 1.39. The topological polar surface area (TPSA) is 29.9 Å². The van der Waals surface area contributed by atoms with Gasteiger partial charge in [-0.1, -0.05) is 18.2 Å². The smallest absolute Gasteiger partial charge is 0.129 e. The van der Waals surface area contributed by atoms with E-state index in [1.54, 1.807) is 6.20 Å². The van der Waals surface area contributed by atoms with Crippen molar-refractivity contribution in [3.8, 4) is 5.69 Å². The third kappa shape index (κ3) is 1.62. The largest absolute Gasteiger partial charge is 0.370 e. The van der Waals surface area contributed by atoms with Crippen LogP contribution < -0.4 is 5.32 Å². The zero-order chi connectivity index (χ0) is 9.80. The van der Waals surface area contributed by atoms with Crippen LogP contribution in [0.2, 0.25) is 0 Å². The van der Waals surface area contributed by atoms with E-state index in [1.165, 1.54) is 0 Å². The Kier molecular flexibility index (Phi) is 2.49. The number of anilines is 1. The summed E-state index contributed by atoms with van der Waals surface area (Å²) in [6.07, 6.45) is 1.80. The van der Waals surface area contributed by atoms with Gasteiger partial charge in [-0.25, -0.2) is 4.68 Å². The van der Waals surface area contributed by atoms with Crippen LogP contribution in [0.3, 0.4) is 0 Å². The molecule has 1 heterocycles. The van der Waals surface area contributed by atoms with E-state index in [1.807, 2.05) is 41.1 Å². The third-order valence-electron chi connectivity index (χ3n) is 2.00. The van der Waals surface area contributed by atoms with E-state index in [-0.39, 0.29) is 0 Å². The second kappa shape index (κ2) is 3.96. The fourth-order valence-corrected chi connectivity index (χ4v) is 1.39. The molecule has 0 spiro atoms. The summed E-state index contributed by atoms with van der Waals surface area (Å²) in [4.78, 5) is 0. The maximum absolute atomic E-state index is 4.26. The fraction of sp³-hybridized carbons (Fsp3) is 0.182. The van der Waals surface area contributed by atoms with Crippen molar-refractivity contribution in [1.82, 2.24) is 9.78 Å². The highest BCUT2D eigenvalue weighted by atomic mass is 15.3. The normalized spacial score (nSPS) is 10.1. The second-order valence-electron chi connectivity index (χ2n) is 2.99. The molecular formula is C11H13N3. The average Bonchev–Trinajstić information content (AvgIpc) is 2.68. The minimum absolute atomic E-state index is 0.901. The number of hydrogen-bond acceptors (Lipinski definition) is 2. The second-order valence-corrected chi connectivity index (χ2v) is 2.99. The molecule has 3 heteroatoms. The predicted octanol–water partition coefficient (Wildman–Crippen LogP) is 2.30. The van der Waals surface area contributed by atoms with Gasteiger partial charge in [0.05, 0.1) is 11.9 Å². The third-order valence-corrected chi connectivity index (χ3v) is 2.00. The molecule has 0 aliphatic carbocycles. The average molecular weight is 187 g/mol. The van der Waals surface area contributed by atoms with Crippen LogP contribution in [0.5, 0.6) is 0 Å². The van der Waals surface area contributed by atoms with Crippen molar-refractivity contribution in [2.75, 3.05) is 11.9 Å². The molecule has 0 fully saturated rings. The number of nitrogens with one attached hydrogen (secondary N) is 1. The lowest BCUT2D eigenvalue weighted by molar-refractivity contribution is 0.878. The number of para-hydroxylation sites is 1. The van der Waals surface area contributed by atoms with Crippen LogP contribution in [0.4, 0.5) is 5.82 Å². The highest BCUT2D eigenvalue weighted by Crippen LogP contribution is 2.13. The molecule has 14 heavy (non-hydrogen) atoms. The zero-order valence-corrected chi connectivity index (χ0v) is 8.14. The molecule has 2 rings (SSSR count). The van der Waals surface area contributed by atoms with Gasteiger partial charge < -0.3 is 5.32 Å². The molecule has 0 bridgehead atoms. The summed E-state index contributed by atoms with van der Waals surface area (Å²) in [5.41, 5.74) is 1.08. The maximum atomic E-state index is 4.26. The lowest BCUT2D eigenvalue weighted by atomic mass is 10.3. The Hall–Kier alpha value is -1.77. The van der Waals surface area contributed by atoms with E-state index < -0.39 is 0 Å². The molecular weight excluding hydrogens is 174 g/mol. The lowest BCUT2D eigenvalue weighted by Gasteiger charge is -2.07. The maximum Gasteiger partial charge on any atom is 0.129 e. The first kappa shape index (κ1) is 8.81. The molecule has 0 unspecified atom stereocenters. The van der Waals surface area contributed by atoms with E-state index in [0.29, 0.717) is 0 Å². The Morgan fingerprint density at radius 3 is 2.71 bits per heavy atom. The number of rotatable bonds is 3. The zero-order valence-electron chi connectivity index (χ0n) is 8.14. The summed E-state index contributed by atoms with van der Waals surface area (Å²) >= 11 is 0. The van der Waals surface area contributed by atoms with Gasteiger partial charge in [-0.3, -0.25) is 0 Å². The van der Waals surface area contributed by atoms with Gasteiger partial charge in [0.15, 0.2) is 0 Å². The van der Waals surface area contributed by atoms with Crippen LogP contribution in [0.25, 0.3) is 5.69 Å². The summed E-state index contributed by atoms with van der Waals surface area (Å²) in [6.45, 7) is 2.97. The first-order valence-corrected chi connectivity index (χ1v) is 4.75. The number of hydrogen-bond donors (Lipinski definition) is 1. The van der Waals surface area contributed by atoms with Crippen molar-refractivity contribution in [2.24, 2.45) is 0 Å². The molecule has 0 aliphatic heterocycles. The first-order chi connectivity index (χ1) is 6.92. The SMILES string of the molecule is CCNc1ccnn1-c1ccccc1. The highest BCUT2D eigenvalue weighted by molar-refractivity contribution is 5.43. The number of nitrogens with zero attached hydrogens (tertiary/aromatic N) is 2. The Morgan fingerprint density at radius 1 is 1.21 bits per heavy atom. The van der Waals surface area contributed by atoms with Gasteiger partial charge in [0.1, 0.15) is 5.82 Å². The van der Waals surface area contributed by atoms with E-state index in [9.17, 15) is 0 Å². The molecule has 72 valence electrons. The highest BCUT2D eigenvalue weighted by Gasteiger charge is 2.01. The summed E-state index contributed by atoms with van der Waals surface area (Å²) in [5.74, 6) is 1.03. The van der Waals surface area contributed by atoms with Crippen molar-refractivity contribution < 1.29 is 0 Å². The molecule has 3 nitrogen and oxygen atoms in total. The van der Waals surface area contributed by atoms with Gasteiger partial charge >= 0.3 is 0 Å². The summed E-state index contributed by atoms with van der Waals surface area (Å²) in [6, 6.07) is 12.1. The van der Waals surface area contributed by atoms with E-state index in [4.69, 9.17) is 0 Å². The molecule has 0 saturated heterocycles. The van der Waals surface area contributed by atoms with Crippen LogP contribution >= 0.6 is 0 Å². The van der Waals surface area contributed by atoms with Crippen LogP contribution in [0.15, 0.2) is 42.6 Å². The quantitative estimate of drug-likeness (QED) is 0.799. The predicted molar refractivity (Wildman–Crippen MR) is 57.7 cm³/mol. The molecule has 0 aliphatic rings. The number of aromatic nitrogens is 2. The first-order valence-electron chi connectivity index (χ1n) is 4.75. The molecule has 0 atom stereocenters. The van der Waals surface area contributed by atoms with Gasteiger partial charge in [0, 0.05) is 12.6 Å². The van der Waals surface area contributed by atoms with Crippen LogP contribution in [0, 0.1) is 0 Å². The monoisotopic (exact) mass is 187 g/mol. The molecule has 1 N–H and O–H groups in total. The Bertz CT molecular complexity index is 392. The van der Waals surface area contributed by atoms with Crippen molar-refractivity contribution in [1.29, 1.82) is 0 Å². The molecule has 2 aromatic rings. The van der Waals surface area contributed by atoms with Crippen LogP contribution in [-0.2, 0) is 0 Å². The lowest BCUT2D eigenvalue weighted by Crippen LogP contribution is -2.05. The minimum atomic E-state index is 0.901. The van der Waals surface area contributed by atoms with Crippen molar-refractivity contribution in [3.63, 3.8) is 0 Å². The Morgan fingerprint density at radius 2 is 2.00 bits per heavy atom. The van der Waals surface area contributed by atoms with Gasteiger partial charge in [-0.15, -0.1) is 0 Å². The van der Waals surface area contributed by atoms with Crippen molar-refractivity contribution >= 4 is 5.82 Å². The van der Waals surface area contributed by atoms with Crippen LogP contribution in [0.1, 0.15) is 6.92 Å². The van der Waals surface area contributed by atoms with E-state index >= 15 is 0 Å². The standard InChI is InChI=1S/C11H13N3/c1-2-12-11-8-9-13-14(11)10-6-4-3-5-7-10/h3-9,12H,2H2,1H3. The molecule has 0 amide bonds. The van der Waals surface area contributed by atoms with Crippen LogP contribution in [-0.4, -0.2) is 16.3 Å². The Labute approximate surface area is 83.4 Å². The summed E-state index contributed by atoms with van der Waals surface area (Å²) < 4.78 is 1.89. The molecule has 1 aromatic carbocycles. The van der Waals surface area contributed by atoms with Gasteiger partial charge in [-0.2, -0.15) is 5.10 Å². The number of benzene rings is 1. The molecule has 1 aromatic heterocycles. The van der Waals surface area contributed by atoms with E-state index in [2.05, 4.69) is 17.3 Å². The van der Waals surface area contributed by atoms with Crippen molar-refractivity contribution in [3.05, 3.63) is 42.6 Å². The van der Waals surface area contributed by atoms with Gasteiger partial charge in [0.2, 0.25) is 0 Å². The Balaban J connectivity index is 2.37. The molecule has 0 saturated carbocycles. The van der Waals surface area contributed by atoms with Crippen molar-refractivity contribution in [2.45, 2.75) is 6.92 Å². The summed E-state index contributed by atoms with van der Waals surface area (Å²) in [5, 5.41) is 7.51.